The molecule has 1 atom stereocenters. The zero-order valence-corrected chi connectivity index (χ0v) is 18.5. The average Bonchev–Trinajstić information content (AvgIpc) is 2.94. The molecule has 1 aliphatic heterocycles. The molecule has 3 rings (SSSR count). The van der Waals surface area contributed by atoms with Crippen molar-refractivity contribution in [3.63, 3.8) is 0 Å². The molecule has 1 aromatic carbocycles. The lowest BCUT2D eigenvalue weighted by Crippen LogP contribution is -2.25. The molecule has 1 aliphatic rings. The molecule has 0 bridgehead atoms. The molecule has 1 unspecified atom stereocenters. The summed E-state index contributed by atoms with van der Waals surface area (Å²) in [5.74, 6) is 0.574. The maximum absolute atomic E-state index is 11.6. The van der Waals surface area contributed by atoms with Crippen molar-refractivity contribution >= 4 is 60.1 Å². The summed E-state index contributed by atoms with van der Waals surface area (Å²) in [6.45, 7) is 2.67. The van der Waals surface area contributed by atoms with Crippen LogP contribution in [0.15, 0.2) is 42.6 Å². The summed E-state index contributed by atoms with van der Waals surface area (Å²) >= 11 is 1.05. The number of halogens is 3. The molecule has 1 N–H and O–H groups in total. The van der Waals surface area contributed by atoms with Gasteiger partial charge in [-0.3, -0.25) is 19.9 Å². The van der Waals surface area contributed by atoms with E-state index >= 15 is 0 Å². The minimum atomic E-state index is -0.337. The fourth-order valence-corrected chi connectivity index (χ4v) is 3.41. The highest BCUT2D eigenvalue weighted by Crippen LogP contribution is 2.23. The van der Waals surface area contributed by atoms with Crippen molar-refractivity contribution in [1.29, 1.82) is 0 Å². The number of carbonyl (C=O) groups is 2. The minimum Gasteiger partial charge on any atom is -0.493 e. The summed E-state index contributed by atoms with van der Waals surface area (Å²) in [5.41, 5.74) is 3.25. The average molecular weight is 466 g/mol. The van der Waals surface area contributed by atoms with Crippen LogP contribution in [0, 0.1) is 0 Å². The maximum atomic E-state index is 11.6. The summed E-state index contributed by atoms with van der Waals surface area (Å²) in [6, 6.07) is 11.8. The van der Waals surface area contributed by atoms with Crippen LogP contribution in [0.5, 0.6) is 5.75 Å². The molecule has 9 heteroatoms. The Labute approximate surface area is 187 Å². The summed E-state index contributed by atoms with van der Waals surface area (Å²) in [7, 11) is 0. The molecule has 5 nitrogen and oxygen atoms in total. The lowest BCUT2D eigenvalue weighted by atomic mass is 10.1. The summed E-state index contributed by atoms with van der Waals surface area (Å²) in [4.78, 5) is 27.2. The van der Waals surface area contributed by atoms with Crippen LogP contribution >= 0.6 is 49.0 Å². The number of nitrogens with zero attached hydrogens (tertiary/aromatic N) is 1. The molecule has 2 heterocycles. The molecule has 2 amide bonds. The Morgan fingerprint density at radius 1 is 1.04 bits per heavy atom. The van der Waals surface area contributed by atoms with Crippen LogP contribution in [0.2, 0.25) is 0 Å². The standard InChI is InChI=1S/C19H20N2O3S.3ClH/c1-2-13-3-6-15(20-12-13)9-10-24-16-7-4-14(5-8-16)11-17-18(22)21-19(23)25-17;;;/h3-8,12,17H,2,9-11H2,1H3,(H,21,22,23);3*1H. The maximum Gasteiger partial charge on any atom is 0.286 e. The highest BCUT2D eigenvalue weighted by molar-refractivity contribution is 8.15. The highest BCUT2D eigenvalue weighted by Gasteiger charge is 2.31. The minimum absolute atomic E-state index is 0. The zero-order valence-electron chi connectivity index (χ0n) is 15.3. The summed E-state index contributed by atoms with van der Waals surface area (Å²) in [6.07, 6.45) is 4.19. The summed E-state index contributed by atoms with van der Waals surface area (Å²) < 4.78 is 5.75. The topological polar surface area (TPSA) is 68.3 Å². The second-order valence-electron chi connectivity index (χ2n) is 5.84. The lowest BCUT2D eigenvalue weighted by molar-refractivity contribution is -0.118. The number of hydrogen-bond donors (Lipinski definition) is 1. The van der Waals surface area contributed by atoms with Crippen molar-refractivity contribution < 1.29 is 14.3 Å². The van der Waals surface area contributed by atoms with Gasteiger partial charge in [-0.25, -0.2) is 0 Å². The fourth-order valence-electron chi connectivity index (χ4n) is 2.55. The number of imide groups is 1. The van der Waals surface area contributed by atoms with Crippen molar-refractivity contribution in [2.45, 2.75) is 31.4 Å². The number of benzene rings is 1. The van der Waals surface area contributed by atoms with E-state index in [0.29, 0.717) is 13.0 Å². The van der Waals surface area contributed by atoms with Gasteiger partial charge >= 0.3 is 0 Å². The number of aryl methyl sites for hydroxylation is 1. The highest BCUT2D eigenvalue weighted by atomic mass is 35.5. The predicted molar refractivity (Wildman–Crippen MR) is 120 cm³/mol. The third-order valence-electron chi connectivity index (χ3n) is 4.03. The SMILES string of the molecule is CCc1ccc(CCOc2ccc(CC3SC(=O)NC3=O)cc2)nc1.Cl.Cl.Cl. The summed E-state index contributed by atoms with van der Waals surface area (Å²) in [5, 5.41) is 1.70. The van der Waals surface area contributed by atoms with Crippen LogP contribution in [-0.2, 0) is 24.1 Å². The monoisotopic (exact) mass is 464 g/mol. The first-order valence-electron chi connectivity index (χ1n) is 8.31. The van der Waals surface area contributed by atoms with Crippen LogP contribution in [0.4, 0.5) is 4.79 Å². The smallest absolute Gasteiger partial charge is 0.286 e. The number of aromatic nitrogens is 1. The van der Waals surface area contributed by atoms with Gasteiger partial charge in [0.15, 0.2) is 0 Å². The molecule has 2 aromatic rings. The van der Waals surface area contributed by atoms with Crippen molar-refractivity contribution in [3.05, 3.63) is 59.4 Å². The van der Waals surface area contributed by atoms with Gasteiger partial charge in [0.05, 0.1) is 11.9 Å². The number of amides is 2. The first kappa shape index (κ1) is 26.5. The van der Waals surface area contributed by atoms with Crippen molar-refractivity contribution in [2.24, 2.45) is 0 Å². The van der Waals surface area contributed by atoms with E-state index in [0.717, 1.165) is 41.6 Å². The van der Waals surface area contributed by atoms with E-state index in [9.17, 15) is 9.59 Å². The largest absolute Gasteiger partial charge is 0.493 e. The van der Waals surface area contributed by atoms with Gasteiger partial charge < -0.3 is 4.74 Å². The molecular formula is C19H23Cl3N2O3S. The van der Waals surface area contributed by atoms with Crippen LogP contribution in [0.25, 0.3) is 0 Å². The van der Waals surface area contributed by atoms with E-state index < -0.39 is 0 Å². The predicted octanol–water partition coefficient (Wildman–Crippen LogP) is 4.43. The molecule has 1 fully saturated rings. The molecule has 28 heavy (non-hydrogen) atoms. The van der Waals surface area contributed by atoms with Gasteiger partial charge in [0.2, 0.25) is 5.91 Å². The van der Waals surface area contributed by atoms with Gasteiger partial charge in [0, 0.05) is 18.3 Å². The fraction of sp³-hybridized carbons (Fsp3) is 0.316. The zero-order chi connectivity index (χ0) is 17.6. The number of ether oxygens (including phenoxy) is 1. The van der Waals surface area contributed by atoms with E-state index in [1.54, 1.807) is 0 Å². The first-order chi connectivity index (χ1) is 12.1. The third kappa shape index (κ3) is 7.51. The van der Waals surface area contributed by atoms with Gasteiger partial charge in [-0.15, -0.1) is 37.2 Å². The van der Waals surface area contributed by atoms with Crippen LogP contribution in [0.3, 0.4) is 0 Å². The second-order valence-corrected chi connectivity index (χ2v) is 7.02. The van der Waals surface area contributed by atoms with Gasteiger partial charge in [0.25, 0.3) is 5.24 Å². The number of carbonyl (C=O) groups excluding carboxylic acids is 2. The Balaban J connectivity index is 0.00000243. The first-order valence-corrected chi connectivity index (χ1v) is 9.19. The Kier molecular flexibility index (Phi) is 12.2. The molecule has 1 aromatic heterocycles. The Morgan fingerprint density at radius 2 is 1.71 bits per heavy atom. The molecule has 0 spiro atoms. The van der Waals surface area contributed by atoms with Gasteiger partial charge in [0.1, 0.15) is 5.75 Å². The van der Waals surface area contributed by atoms with Crippen LogP contribution < -0.4 is 10.1 Å². The number of nitrogens with one attached hydrogen (secondary N) is 1. The molecular weight excluding hydrogens is 443 g/mol. The third-order valence-corrected chi connectivity index (χ3v) is 5.01. The number of rotatable bonds is 7. The van der Waals surface area contributed by atoms with Gasteiger partial charge in [-0.1, -0.05) is 36.9 Å². The number of thioether (sulfide) groups is 1. The van der Waals surface area contributed by atoms with E-state index in [4.69, 9.17) is 4.74 Å². The number of hydrogen-bond acceptors (Lipinski definition) is 5. The Morgan fingerprint density at radius 3 is 2.25 bits per heavy atom. The van der Waals surface area contributed by atoms with E-state index in [2.05, 4.69) is 23.3 Å². The molecule has 0 radical (unpaired) electrons. The van der Waals surface area contributed by atoms with Crippen molar-refractivity contribution in [2.75, 3.05) is 6.61 Å². The Bertz CT molecular complexity index is 758. The lowest BCUT2D eigenvalue weighted by Gasteiger charge is -2.09. The molecule has 154 valence electrons. The normalized spacial score (nSPS) is 15.0. The second kappa shape index (κ2) is 12.9. The van der Waals surface area contributed by atoms with E-state index in [1.807, 2.05) is 36.5 Å². The van der Waals surface area contributed by atoms with Crippen LogP contribution in [-0.4, -0.2) is 28.0 Å². The van der Waals surface area contributed by atoms with Crippen molar-refractivity contribution in [3.8, 4) is 5.75 Å². The molecule has 0 saturated carbocycles. The van der Waals surface area contributed by atoms with Gasteiger partial charge in [-0.05, 0) is 42.2 Å². The molecule has 1 saturated heterocycles. The molecule has 0 aliphatic carbocycles. The van der Waals surface area contributed by atoms with Crippen LogP contribution in [0.1, 0.15) is 23.7 Å². The quantitative estimate of drug-likeness (QED) is 0.655. The number of pyridine rings is 1. The Hall–Kier alpha value is -1.47. The van der Waals surface area contributed by atoms with E-state index in [-0.39, 0.29) is 53.6 Å². The van der Waals surface area contributed by atoms with Gasteiger partial charge in [-0.2, -0.15) is 0 Å². The van der Waals surface area contributed by atoms with E-state index in [1.165, 1.54) is 5.56 Å². The van der Waals surface area contributed by atoms with Crippen molar-refractivity contribution in [1.82, 2.24) is 10.3 Å².